The highest BCUT2D eigenvalue weighted by Gasteiger charge is 2.15. The van der Waals surface area contributed by atoms with Crippen LogP contribution in [0.25, 0.3) is 0 Å². The third-order valence-electron chi connectivity index (χ3n) is 5.35. The van der Waals surface area contributed by atoms with Crippen LogP contribution in [0.4, 0.5) is 0 Å². The standard InChI is InChI=1S/C19H29N/c1-15(20-13-12-16-6-2-3-7-16)18-11-10-17-8-4-5-9-19(17)14-18/h10-11,14-16,20H,2-9,12-13H2,1H3. The lowest BCUT2D eigenvalue weighted by Crippen LogP contribution is -2.21. The molecule has 110 valence electrons. The summed E-state index contributed by atoms with van der Waals surface area (Å²) in [7, 11) is 0. The van der Waals surface area contributed by atoms with Crippen molar-refractivity contribution in [3.8, 4) is 0 Å². The van der Waals surface area contributed by atoms with Gasteiger partial charge in [-0.05, 0) is 68.2 Å². The lowest BCUT2D eigenvalue weighted by atomic mass is 9.89. The van der Waals surface area contributed by atoms with Crippen LogP contribution in [0, 0.1) is 5.92 Å². The summed E-state index contributed by atoms with van der Waals surface area (Å²) in [6.45, 7) is 3.50. The fourth-order valence-corrected chi connectivity index (χ4v) is 3.94. The second-order valence-electron chi connectivity index (χ2n) is 6.85. The van der Waals surface area contributed by atoms with Gasteiger partial charge in [0.25, 0.3) is 0 Å². The van der Waals surface area contributed by atoms with Crippen molar-refractivity contribution in [3.05, 3.63) is 34.9 Å². The smallest absolute Gasteiger partial charge is 0.0291 e. The largest absolute Gasteiger partial charge is 0.310 e. The van der Waals surface area contributed by atoms with Gasteiger partial charge in [-0.1, -0.05) is 43.9 Å². The third kappa shape index (κ3) is 3.44. The van der Waals surface area contributed by atoms with Gasteiger partial charge in [-0.3, -0.25) is 0 Å². The fraction of sp³-hybridized carbons (Fsp3) is 0.684. The van der Waals surface area contributed by atoms with E-state index in [4.69, 9.17) is 0 Å². The summed E-state index contributed by atoms with van der Waals surface area (Å²) in [4.78, 5) is 0. The molecule has 1 nitrogen and oxygen atoms in total. The maximum absolute atomic E-state index is 3.73. The van der Waals surface area contributed by atoms with Crippen LogP contribution in [0.3, 0.4) is 0 Å². The quantitative estimate of drug-likeness (QED) is 0.811. The fourth-order valence-electron chi connectivity index (χ4n) is 3.94. The summed E-state index contributed by atoms with van der Waals surface area (Å²) in [5, 5.41) is 3.73. The van der Waals surface area contributed by atoms with Crippen molar-refractivity contribution < 1.29 is 0 Å². The Morgan fingerprint density at radius 2 is 1.80 bits per heavy atom. The molecule has 0 saturated heterocycles. The normalized spacial score (nSPS) is 20.9. The second-order valence-corrected chi connectivity index (χ2v) is 6.85. The predicted molar refractivity (Wildman–Crippen MR) is 86.1 cm³/mol. The number of benzene rings is 1. The van der Waals surface area contributed by atoms with Crippen LogP contribution in [-0.4, -0.2) is 6.54 Å². The van der Waals surface area contributed by atoms with Crippen LogP contribution in [0.5, 0.6) is 0 Å². The van der Waals surface area contributed by atoms with E-state index in [-0.39, 0.29) is 0 Å². The molecule has 1 unspecified atom stereocenters. The summed E-state index contributed by atoms with van der Waals surface area (Å²) in [5.41, 5.74) is 4.69. The predicted octanol–water partition coefficient (Wildman–Crippen LogP) is 4.80. The van der Waals surface area contributed by atoms with E-state index in [0.717, 1.165) is 5.92 Å². The van der Waals surface area contributed by atoms with Crippen LogP contribution in [0.15, 0.2) is 18.2 Å². The number of hydrogen-bond donors (Lipinski definition) is 1. The molecule has 0 spiro atoms. The Morgan fingerprint density at radius 1 is 1.05 bits per heavy atom. The number of aryl methyl sites for hydroxylation is 2. The van der Waals surface area contributed by atoms with Gasteiger partial charge in [0.05, 0.1) is 0 Å². The van der Waals surface area contributed by atoms with Gasteiger partial charge >= 0.3 is 0 Å². The molecule has 1 saturated carbocycles. The number of hydrogen-bond acceptors (Lipinski definition) is 1. The number of rotatable bonds is 5. The van der Waals surface area contributed by atoms with Gasteiger partial charge in [-0.25, -0.2) is 0 Å². The summed E-state index contributed by atoms with van der Waals surface area (Å²) in [5.74, 6) is 0.998. The van der Waals surface area contributed by atoms with Crippen LogP contribution in [-0.2, 0) is 12.8 Å². The molecule has 1 aromatic carbocycles. The minimum absolute atomic E-state index is 0.503. The molecule has 2 aliphatic carbocycles. The van der Waals surface area contributed by atoms with E-state index in [1.54, 1.807) is 11.1 Å². The minimum Gasteiger partial charge on any atom is -0.310 e. The lowest BCUT2D eigenvalue weighted by Gasteiger charge is -2.20. The molecule has 3 rings (SSSR count). The Balaban J connectivity index is 1.52. The molecule has 0 aliphatic heterocycles. The first-order chi connectivity index (χ1) is 9.83. The Morgan fingerprint density at radius 3 is 2.60 bits per heavy atom. The van der Waals surface area contributed by atoms with E-state index >= 15 is 0 Å². The Labute approximate surface area is 124 Å². The molecular formula is C19H29N. The Hall–Kier alpha value is -0.820. The molecule has 0 aromatic heterocycles. The zero-order chi connectivity index (χ0) is 13.8. The number of nitrogens with one attached hydrogen (secondary N) is 1. The van der Waals surface area contributed by atoms with Gasteiger partial charge in [0.15, 0.2) is 0 Å². The molecule has 0 bridgehead atoms. The van der Waals surface area contributed by atoms with Crippen molar-refractivity contribution in [1.82, 2.24) is 5.32 Å². The molecular weight excluding hydrogens is 242 g/mol. The summed E-state index contributed by atoms with van der Waals surface area (Å²) >= 11 is 0. The Kier molecular flexibility index (Phi) is 4.77. The van der Waals surface area contributed by atoms with Crippen molar-refractivity contribution in [2.24, 2.45) is 5.92 Å². The minimum atomic E-state index is 0.503. The molecule has 1 atom stereocenters. The molecule has 1 N–H and O–H groups in total. The molecule has 1 aromatic rings. The summed E-state index contributed by atoms with van der Waals surface area (Å²) in [6, 6.07) is 7.68. The van der Waals surface area contributed by atoms with Crippen molar-refractivity contribution in [2.45, 2.75) is 70.8 Å². The highest BCUT2D eigenvalue weighted by atomic mass is 14.9. The monoisotopic (exact) mass is 271 g/mol. The highest BCUT2D eigenvalue weighted by molar-refractivity contribution is 5.35. The molecule has 20 heavy (non-hydrogen) atoms. The first-order valence-corrected chi connectivity index (χ1v) is 8.68. The molecule has 0 radical (unpaired) electrons. The van der Waals surface area contributed by atoms with E-state index in [9.17, 15) is 0 Å². The average molecular weight is 271 g/mol. The van der Waals surface area contributed by atoms with Crippen LogP contribution >= 0.6 is 0 Å². The Bertz CT molecular complexity index is 431. The highest BCUT2D eigenvalue weighted by Crippen LogP contribution is 2.28. The second kappa shape index (κ2) is 6.76. The maximum Gasteiger partial charge on any atom is 0.0291 e. The average Bonchev–Trinajstić information content (AvgIpc) is 3.00. The molecule has 1 heteroatoms. The van der Waals surface area contributed by atoms with Crippen LogP contribution < -0.4 is 5.32 Å². The van der Waals surface area contributed by atoms with Gasteiger partial charge < -0.3 is 5.32 Å². The van der Waals surface area contributed by atoms with E-state index in [2.05, 4.69) is 30.4 Å². The van der Waals surface area contributed by atoms with E-state index in [0.29, 0.717) is 6.04 Å². The van der Waals surface area contributed by atoms with Gasteiger partial charge in [-0.2, -0.15) is 0 Å². The van der Waals surface area contributed by atoms with Gasteiger partial charge in [-0.15, -0.1) is 0 Å². The van der Waals surface area contributed by atoms with E-state index in [1.807, 2.05) is 0 Å². The SMILES string of the molecule is CC(NCCC1CCCC1)c1ccc2c(c1)CCCC2. The molecule has 1 fully saturated rings. The van der Waals surface area contributed by atoms with Gasteiger partial charge in [0.1, 0.15) is 0 Å². The van der Waals surface area contributed by atoms with Crippen molar-refractivity contribution in [1.29, 1.82) is 0 Å². The third-order valence-corrected chi connectivity index (χ3v) is 5.35. The van der Waals surface area contributed by atoms with Crippen molar-refractivity contribution >= 4 is 0 Å². The molecule has 0 heterocycles. The maximum atomic E-state index is 3.73. The summed E-state index contributed by atoms with van der Waals surface area (Å²) < 4.78 is 0. The molecule has 2 aliphatic rings. The van der Waals surface area contributed by atoms with Crippen LogP contribution in [0.2, 0.25) is 0 Å². The van der Waals surface area contributed by atoms with Gasteiger partial charge in [0, 0.05) is 6.04 Å². The zero-order valence-corrected chi connectivity index (χ0v) is 13.0. The number of fused-ring (bicyclic) bond motifs is 1. The lowest BCUT2D eigenvalue weighted by molar-refractivity contribution is 0.454. The zero-order valence-electron chi connectivity index (χ0n) is 13.0. The van der Waals surface area contributed by atoms with E-state index in [1.165, 1.54) is 69.9 Å². The van der Waals surface area contributed by atoms with Crippen molar-refractivity contribution in [2.75, 3.05) is 6.54 Å². The van der Waals surface area contributed by atoms with E-state index < -0.39 is 0 Å². The first-order valence-electron chi connectivity index (χ1n) is 8.68. The van der Waals surface area contributed by atoms with Crippen LogP contribution in [0.1, 0.15) is 74.6 Å². The first kappa shape index (κ1) is 14.1. The topological polar surface area (TPSA) is 12.0 Å². The van der Waals surface area contributed by atoms with Gasteiger partial charge in [0.2, 0.25) is 0 Å². The van der Waals surface area contributed by atoms with Crippen molar-refractivity contribution in [3.63, 3.8) is 0 Å². The summed E-state index contributed by atoms with van der Waals surface area (Å²) in [6.07, 6.45) is 12.6. The molecule has 0 amide bonds.